The van der Waals surface area contributed by atoms with Gasteiger partial charge < -0.3 is 9.84 Å². The molecular weight excluding hydrogens is 259 g/mol. The van der Waals surface area contributed by atoms with Gasteiger partial charge in [0.2, 0.25) is 0 Å². The van der Waals surface area contributed by atoms with E-state index in [4.69, 9.17) is 9.84 Å². The Morgan fingerprint density at radius 3 is 2.47 bits per heavy atom. The molecule has 1 saturated heterocycles. The summed E-state index contributed by atoms with van der Waals surface area (Å²) in [5, 5.41) is 8.86. The highest BCUT2D eigenvalue weighted by atomic mass is 19.4. The molecule has 1 aliphatic carbocycles. The Labute approximate surface area is 111 Å². The molecule has 19 heavy (non-hydrogen) atoms. The van der Waals surface area contributed by atoms with E-state index in [1.54, 1.807) is 0 Å². The highest BCUT2D eigenvalue weighted by molar-refractivity contribution is 4.93. The number of hydrogen-bond donors (Lipinski definition) is 1. The summed E-state index contributed by atoms with van der Waals surface area (Å²) in [5.41, 5.74) is -0.0478. The second kappa shape index (κ2) is 5.97. The van der Waals surface area contributed by atoms with Gasteiger partial charge in [-0.05, 0) is 25.7 Å². The van der Waals surface area contributed by atoms with Crippen molar-refractivity contribution in [1.82, 2.24) is 4.90 Å². The van der Waals surface area contributed by atoms with Gasteiger partial charge in [0.25, 0.3) is 0 Å². The van der Waals surface area contributed by atoms with Crippen LogP contribution in [0.1, 0.15) is 38.5 Å². The molecule has 1 aliphatic heterocycles. The lowest BCUT2D eigenvalue weighted by Gasteiger charge is -2.28. The molecule has 6 heteroatoms. The second-order valence-electron chi connectivity index (χ2n) is 5.74. The number of halogens is 3. The van der Waals surface area contributed by atoms with Crippen molar-refractivity contribution in [3.05, 3.63) is 0 Å². The fourth-order valence-corrected chi connectivity index (χ4v) is 3.33. The van der Waals surface area contributed by atoms with Crippen LogP contribution in [-0.4, -0.2) is 54.1 Å². The zero-order valence-corrected chi connectivity index (χ0v) is 11.1. The summed E-state index contributed by atoms with van der Waals surface area (Å²) in [6.45, 7) is -0.914. The standard InChI is InChI=1S/C13H22F3NO2/c14-13(15,16)10-17(7-8-18)9-11-3-6-12(19-11)4-1-2-5-12/h11,18H,1-10H2. The first kappa shape index (κ1) is 15.1. The van der Waals surface area contributed by atoms with Crippen molar-refractivity contribution in [3.8, 4) is 0 Å². The first-order valence-corrected chi connectivity index (χ1v) is 7.00. The number of alkyl halides is 3. The zero-order chi connectivity index (χ0) is 13.9. The SMILES string of the molecule is OCCN(CC1CCC2(CCCC2)O1)CC(F)(F)F. The van der Waals surface area contributed by atoms with Gasteiger partial charge in [0, 0.05) is 13.1 Å². The minimum absolute atomic E-state index is 0.0478. The topological polar surface area (TPSA) is 32.7 Å². The van der Waals surface area contributed by atoms with Crippen LogP contribution in [0.5, 0.6) is 0 Å². The van der Waals surface area contributed by atoms with Crippen molar-refractivity contribution >= 4 is 0 Å². The third-order valence-corrected chi connectivity index (χ3v) is 4.13. The maximum Gasteiger partial charge on any atom is 0.401 e. The van der Waals surface area contributed by atoms with Crippen molar-refractivity contribution in [2.45, 2.75) is 56.4 Å². The Morgan fingerprint density at radius 1 is 1.21 bits per heavy atom. The minimum atomic E-state index is -4.22. The van der Waals surface area contributed by atoms with Crippen molar-refractivity contribution in [2.75, 3.05) is 26.2 Å². The molecular formula is C13H22F3NO2. The van der Waals surface area contributed by atoms with E-state index in [0.29, 0.717) is 0 Å². The molecule has 2 rings (SSSR count). The fourth-order valence-electron chi connectivity index (χ4n) is 3.33. The Hall–Kier alpha value is -0.330. The Kier molecular flexibility index (Phi) is 4.74. The normalized spacial score (nSPS) is 26.7. The number of aliphatic hydroxyl groups excluding tert-OH is 1. The number of nitrogens with zero attached hydrogens (tertiary/aromatic N) is 1. The van der Waals surface area contributed by atoms with Crippen molar-refractivity contribution in [2.24, 2.45) is 0 Å². The number of hydrogen-bond acceptors (Lipinski definition) is 3. The summed E-state index contributed by atoms with van der Waals surface area (Å²) in [5.74, 6) is 0. The number of ether oxygens (including phenoxy) is 1. The third kappa shape index (κ3) is 4.33. The van der Waals surface area contributed by atoms with Gasteiger partial charge in [0.05, 0.1) is 24.9 Å². The third-order valence-electron chi connectivity index (χ3n) is 4.13. The van der Waals surface area contributed by atoms with Gasteiger partial charge in [0.15, 0.2) is 0 Å². The predicted molar refractivity (Wildman–Crippen MR) is 64.9 cm³/mol. The van der Waals surface area contributed by atoms with E-state index in [0.717, 1.165) is 38.5 Å². The molecule has 0 aromatic rings. The van der Waals surface area contributed by atoms with Crippen LogP contribution in [0.3, 0.4) is 0 Å². The number of aliphatic hydroxyl groups is 1. The van der Waals surface area contributed by atoms with Gasteiger partial charge in [-0.2, -0.15) is 13.2 Å². The van der Waals surface area contributed by atoms with Gasteiger partial charge in [-0.25, -0.2) is 0 Å². The Morgan fingerprint density at radius 2 is 1.89 bits per heavy atom. The lowest BCUT2D eigenvalue weighted by Crippen LogP contribution is -2.41. The van der Waals surface area contributed by atoms with Gasteiger partial charge in [-0.3, -0.25) is 4.90 Å². The quantitative estimate of drug-likeness (QED) is 0.839. The van der Waals surface area contributed by atoms with Crippen LogP contribution in [0.25, 0.3) is 0 Å². The lowest BCUT2D eigenvalue weighted by atomic mass is 9.98. The summed E-state index contributed by atoms with van der Waals surface area (Å²) in [4.78, 5) is 1.25. The van der Waals surface area contributed by atoms with Crippen LogP contribution in [0.4, 0.5) is 13.2 Å². The molecule has 0 aromatic carbocycles. The highest BCUT2D eigenvalue weighted by Crippen LogP contribution is 2.43. The Bertz CT molecular complexity index is 290. The van der Waals surface area contributed by atoms with E-state index in [1.807, 2.05) is 0 Å². The molecule has 0 aromatic heterocycles. The molecule has 3 nitrogen and oxygen atoms in total. The average Bonchev–Trinajstić information content (AvgIpc) is 2.88. The first-order valence-electron chi connectivity index (χ1n) is 7.00. The van der Waals surface area contributed by atoms with Gasteiger partial charge in [-0.1, -0.05) is 12.8 Å². The van der Waals surface area contributed by atoms with E-state index in [9.17, 15) is 13.2 Å². The minimum Gasteiger partial charge on any atom is -0.395 e. The van der Waals surface area contributed by atoms with Crippen LogP contribution in [0.15, 0.2) is 0 Å². The smallest absolute Gasteiger partial charge is 0.395 e. The van der Waals surface area contributed by atoms with Gasteiger partial charge in [-0.15, -0.1) is 0 Å². The molecule has 1 heterocycles. The molecule has 1 atom stereocenters. The Balaban J connectivity index is 1.84. The molecule has 1 N–H and O–H groups in total. The largest absolute Gasteiger partial charge is 0.401 e. The summed E-state index contributed by atoms with van der Waals surface area (Å²) in [6, 6.07) is 0. The van der Waals surface area contributed by atoms with E-state index in [2.05, 4.69) is 0 Å². The molecule has 2 fully saturated rings. The molecule has 2 aliphatic rings. The summed E-state index contributed by atoms with van der Waals surface area (Å²) >= 11 is 0. The molecule has 0 bridgehead atoms. The van der Waals surface area contributed by atoms with Crippen LogP contribution in [0, 0.1) is 0 Å². The highest BCUT2D eigenvalue weighted by Gasteiger charge is 2.43. The molecule has 1 saturated carbocycles. The summed E-state index contributed by atoms with van der Waals surface area (Å²) in [7, 11) is 0. The first-order chi connectivity index (χ1) is 8.92. The zero-order valence-electron chi connectivity index (χ0n) is 11.1. The molecule has 1 unspecified atom stereocenters. The van der Waals surface area contributed by atoms with Crippen LogP contribution < -0.4 is 0 Å². The molecule has 0 radical (unpaired) electrons. The molecule has 112 valence electrons. The van der Waals surface area contributed by atoms with Crippen LogP contribution >= 0.6 is 0 Å². The fraction of sp³-hybridized carbons (Fsp3) is 1.00. The maximum atomic E-state index is 12.4. The average molecular weight is 281 g/mol. The van der Waals surface area contributed by atoms with Gasteiger partial charge in [0.1, 0.15) is 0 Å². The molecule has 0 amide bonds. The predicted octanol–water partition coefficient (Wildman–Crippen LogP) is 2.33. The van der Waals surface area contributed by atoms with E-state index < -0.39 is 12.7 Å². The summed E-state index contributed by atoms with van der Waals surface area (Å²) in [6.07, 6.45) is 1.87. The van der Waals surface area contributed by atoms with Crippen LogP contribution in [-0.2, 0) is 4.74 Å². The van der Waals surface area contributed by atoms with Crippen LogP contribution in [0.2, 0.25) is 0 Å². The van der Waals surface area contributed by atoms with E-state index in [-0.39, 0.29) is 31.4 Å². The monoisotopic (exact) mass is 281 g/mol. The van der Waals surface area contributed by atoms with Gasteiger partial charge >= 0.3 is 6.18 Å². The van der Waals surface area contributed by atoms with Crippen molar-refractivity contribution in [1.29, 1.82) is 0 Å². The van der Waals surface area contributed by atoms with E-state index in [1.165, 1.54) is 4.90 Å². The van der Waals surface area contributed by atoms with Crippen molar-refractivity contribution < 1.29 is 23.0 Å². The van der Waals surface area contributed by atoms with Crippen molar-refractivity contribution in [3.63, 3.8) is 0 Å². The molecule has 1 spiro atoms. The maximum absolute atomic E-state index is 12.4. The summed E-state index contributed by atoms with van der Waals surface area (Å²) < 4.78 is 43.3. The lowest BCUT2D eigenvalue weighted by molar-refractivity contribution is -0.151. The van der Waals surface area contributed by atoms with E-state index >= 15 is 0 Å². The number of rotatable bonds is 5. The second-order valence-corrected chi connectivity index (χ2v) is 5.74.